The first-order chi connectivity index (χ1) is 12.5. The molecule has 0 spiro atoms. The van der Waals surface area contributed by atoms with Gasteiger partial charge in [0.25, 0.3) is 0 Å². The standard InChI is InChI=1S/C18H34N2O6.2Na.2H/c1-2-3-4-5-6-7-16(21)19-10-12-20(11-8-17(22)23)13-15-26-14-9-18(24)25;;;;/h2-15H2,1H3,(H,19,21)(H,22,23)(H,24,25);;;;. The fourth-order valence-corrected chi connectivity index (χ4v) is 2.38. The van der Waals surface area contributed by atoms with E-state index < -0.39 is 11.9 Å². The molecule has 156 valence electrons. The monoisotopic (exact) mass is 422 g/mol. The van der Waals surface area contributed by atoms with Crippen LogP contribution in [0, 0.1) is 0 Å². The number of carboxylic acids is 2. The Hall–Kier alpha value is 0.330. The van der Waals surface area contributed by atoms with Crippen LogP contribution in [0.1, 0.15) is 58.3 Å². The number of nitrogens with one attached hydrogen (secondary N) is 1. The second kappa shape index (κ2) is 23.6. The molecule has 0 atom stereocenters. The van der Waals surface area contributed by atoms with Gasteiger partial charge in [-0.15, -0.1) is 0 Å². The van der Waals surface area contributed by atoms with Crippen molar-refractivity contribution in [2.24, 2.45) is 0 Å². The minimum absolute atomic E-state index is 0. The molecule has 0 aromatic carbocycles. The molecule has 0 saturated carbocycles. The van der Waals surface area contributed by atoms with Crippen molar-refractivity contribution < 1.29 is 29.3 Å². The van der Waals surface area contributed by atoms with Crippen LogP contribution in [0.3, 0.4) is 0 Å². The van der Waals surface area contributed by atoms with Gasteiger partial charge < -0.3 is 20.3 Å². The molecule has 0 aromatic heterocycles. The van der Waals surface area contributed by atoms with Gasteiger partial charge in [0.05, 0.1) is 26.1 Å². The van der Waals surface area contributed by atoms with Crippen molar-refractivity contribution in [2.75, 3.05) is 39.4 Å². The summed E-state index contributed by atoms with van der Waals surface area (Å²) in [5, 5.41) is 20.2. The number of carbonyl (C=O) groups excluding carboxylic acids is 1. The number of hydrogen-bond acceptors (Lipinski definition) is 5. The molecule has 8 nitrogen and oxygen atoms in total. The van der Waals surface area contributed by atoms with Crippen molar-refractivity contribution in [3.63, 3.8) is 0 Å². The van der Waals surface area contributed by atoms with Crippen LogP contribution in [0.4, 0.5) is 0 Å². The first kappa shape index (κ1) is 33.0. The van der Waals surface area contributed by atoms with Gasteiger partial charge in [-0.25, -0.2) is 0 Å². The Morgan fingerprint density at radius 2 is 1.46 bits per heavy atom. The first-order valence-electron chi connectivity index (χ1n) is 9.46. The Labute approximate surface area is 212 Å². The van der Waals surface area contributed by atoms with Gasteiger partial charge >= 0.3 is 71.1 Å². The van der Waals surface area contributed by atoms with E-state index in [1.807, 2.05) is 4.90 Å². The number of ether oxygens (including phenoxy) is 1. The van der Waals surface area contributed by atoms with Crippen molar-refractivity contribution in [2.45, 2.75) is 58.3 Å². The third-order valence-electron chi connectivity index (χ3n) is 3.91. The summed E-state index contributed by atoms with van der Waals surface area (Å²) in [5.74, 6) is -1.76. The molecule has 0 aliphatic rings. The molecule has 0 heterocycles. The van der Waals surface area contributed by atoms with Crippen molar-refractivity contribution in [3.8, 4) is 0 Å². The summed E-state index contributed by atoms with van der Waals surface area (Å²) in [5.41, 5.74) is 0. The van der Waals surface area contributed by atoms with Crippen molar-refractivity contribution >= 4 is 77.0 Å². The zero-order chi connectivity index (χ0) is 19.6. The molecule has 3 N–H and O–H groups in total. The normalized spacial score (nSPS) is 10.1. The second-order valence-electron chi connectivity index (χ2n) is 6.26. The molecule has 0 rings (SSSR count). The molecule has 0 aromatic rings. The number of carbonyl (C=O) groups is 3. The van der Waals surface area contributed by atoms with Crippen LogP contribution in [-0.2, 0) is 19.1 Å². The molecular weight excluding hydrogens is 386 g/mol. The van der Waals surface area contributed by atoms with E-state index in [9.17, 15) is 14.4 Å². The van der Waals surface area contributed by atoms with Gasteiger partial charge in [-0.2, -0.15) is 0 Å². The molecule has 0 bridgehead atoms. The Morgan fingerprint density at radius 3 is 2.07 bits per heavy atom. The summed E-state index contributed by atoms with van der Waals surface area (Å²) in [7, 11) is 0. The Bertz CT molecular complexity index is 414. The van der Waals surface area contributed by atoms with Crippen LogP contribution in [0.5, 0.6) is 0 Å². The van der Waals surface area contributed by atoms with Crippen LogP contribution in [0.25, 0.3) is 0 Å². The van der Waals surface area contributed by atoms with Gasteiger partial charge in [-0.3, -0.25) is 19.3 Å². The molecular formula is C18H36N2Na2O6. The van der Waals surface area contributed by atoms with E-state index in [0.29, 0.717) is 39.2 Å². The third-order valence-corrected chi connectivity index (χ3v) is 3.91. The van der Waals surface area contributed by atoms with Crippen LogP contribution in [0.2, 0.25) is 0 Å². The van der Waals surface area contributed by atoms with Crippen LogP contribution in [-0.4, -0.2) is 131 Å². The number of amides is 1. The zero-order valence-corrected chi connectivity index (χ0v) is 15.9. The molecule has 0 saturated heterocycles. The first-order valence-corrected chi connectivity index (χ1v) is 9.46. The average molecular weight is 422 g/mol. The Kier molecular flexibility index (Phi) is 27.8. The Balaban J connectivity index is -0.00000312. The maximum absolute atomic E-state index is 11.8. The van der Waals surface area contributed by atoms with E-state index in [2.05, 4.69) is 12.2 Å². The van der Waals surface area contributed by atoms with E-state index in [0.717, 1.165) is 19.3 Å². The van der Waals surface area contributed by atoms with E-state index >= 15 is 0 Å². The molecule has 10 heteroatoms. The number of hydrogen-bond donors (Lipinski definition) is 3. The van der Waals surface area contributed by atoms with Crippen molar-refractivity contribution in [1.29, 1.82) is 0 Å². The van der Waals surface area contributed by atoms with E-state index in [1.165, 1.54) is 12.8 Å². The van der Waals surface area contributed by atoms with Gasteiger partial charge in [0.2, 0.25) is 5.91 Å². The molecule has 0 aliphatic heterocycles. The quantitative estimate of drug-likeness (QED) is 0.217. The van der Waals surface area contributed by atoms with Gasteiger partial charge in [0.15, 0.2) is 0 Å². The Morgan fingerprint density at radius 1 is 0.821 bits per heavy atom. The predicted octanol–water partition coefficient (Wildman–Crippen LogP) is 0.434. The van der Waals surface area contributed by atoms with Gasteiger partial charge in [-0.05, 0) is 6.42 Å². The summed E-state index contributed by atoms with van der Waals surface area (Å²) in [4.78, 5) is 34.8. The molecule has 0 fully saturated rings. The van der Waals surface area contributed by atoms with E-state index in [1.54, 1.807) is 0 Å². The molecule has 1 amide bonds. The summed E-state index contributed by atoms with van der Waals surface area (Å²) >= 11 is 0. The van der Waals surface area contributed by atoms with E-state index in [4.69, 9.17) is 14.9 Å². The molecule has 0 unspecified atom stereocenters. The number of unbranched alkanes of at least 4 members (excludes halogenated alkanes) is 4. The summed E-state index contributed by atoms with van der Waals surface area (Å²) in [6.07, 6.45) is 5.99. The maximum atomic E-state index is 11.8. The number of carboxylic acid groups (broad SMARTS) is 2. The number of nitrogens with zero attached hydrogens (tertiary/aromatic N) is 1. The van der Waals surface area contributed by atoms with Crippen molar-refractivity contribution in [3.05, 3.63) is 0 Å². The molecule has 0 radical (unpaired) electrons. The summed E-state index contributed by atoms with van der Waals surface area (Å²) < 4.78 is 5.24. The topological polar surface area (TPSA) is 116 Å². The summed E-state index contributed by atoms with van der Waals surface area (Å²) in [6.45, 7) is 4.49. The fourth-order valence-electron chi connectivity index (χ4n) is 2.38. The second-order valence-corrected chi connectivity index (χ2v) is 6.26. The third kappa shape index (κ3) is 24.4. The fraction of sp³-hybridized carbons (Fsp3) is 0.833. The van der Waals surface area contributed by atoms with Crippen LogP contribution >= 0.6 is 0 Å². The van der Waals surface area contributed by atoms with E-state index in [-0.39, 0.29) is 84.5 Å². The molecule has 0 aliphatic carbocycles. The number of aliphatic carboxylic acids is 2. The van der Waals surface area contributed by atoms with Crippen molar-refractivity contribution in [1.82, 2.24) is 10.2 Å². The van der Waals surface area contributed by atoms with Gasteiger partial charge in [0.1, 0.15) is 0 Å². The van der Waals surface area contributed by atoms with Crippen LogP contribution < -0.4 is 5.32 Å². The average Bonchev–Trinajstić information content (AvgIpc) is 2.58. The van der Waals surface area contributed by atoms with Crippen LogP contribution in [0.15, 0.2) is 0 Å². The zero-order valence-electron chi connectivity index (χ0n) is 15.9. The van der Waals surface area contributed by atoms with Gasteiger partial charge in [-0.1, -0.05) is 32.6 Å². The minimum atomic E-state index is -0.912. The predicted molar refractivity (Wildman–Crippen MR) is 112 cm³/mol. The number of rotatable bonds is 18. The summed E-state index contributed by atoms with van der Waals surface area (Å²) in [6, 6.07) is 0. The molecule has 28 heavy (non-hydrogen) atoms. The SMILES string of the molecule is CCCCCCCC(=O)NCCN(CCOCCC(=O)O)CCC(=O)O.[NaH].[NaH]. The van der Waals surface area contributed by atoms with Gasteiger partial charge in [0, 0.05) is 32.6 Å².